The number of likely N-dealkylation sites (tertiary alicyclic amines) is 1. The molecule has 0 radical (unpaired) electrons. The van der Waals surface area contributed by atoms with Gasteiger partial charge in [0.05, 0.1) is 0 Å². The summed E-state index contributed by atoms with van der Waals surface area (Å²) in [7, 11) is 0. The third-order valence-electron chi connectivity index (χ3n) is 4.67. The van der Waals surface area contributed by atoms with Crippen LogP contribution >= 0.6 is 0 Å². The summed E-state index contributed by atoms with van der Waals surface area (Å²) in [4.78, 5) is 27.7. The Labute approximate surface area is 108 Å². The summed E-state index contributed by atoms with van der Waals surface area (Å²) in [6.07, 6.45) is 5.42. The van der Waals surface area contributed by atoms with Crippen LogP contribution in [0.3, 0.4) is 0 Å². The van der Waals surface area contributed by atoms with Crippen LogP contribution in [0.1, 0.15) is 25.7 Å². The van der Waals surface area contributed by atoms with Gasteiger partial charge in [-0.05, 0) is 37.2 Å². The molecule has 4 heteroatoms. The van der Waals surface area contributed by atoms with Gasteiger partial charge in [-0.15, -0.1) is 0 Å². The first-order valence-electron chi connectivity index (χ1n) is 6.90. The Morgan fingerprint density at radius 2 is 2.17 bits per heavy atom. The number of amides is 2. The Morgan fingerprint density at radius 3 is 2.94 bits per heavy atom. The van der Waals surface area contributed by atoms with Gasteiger partial charge in [0.25, 0.3) is 0 Å². The van der Waals surface area contributed by atoms with Crippen LogP contribution in [-0.4, -0.2) is 47.3 Å². The van der Waals surface area contributed by atoms with E-state index in [1.807, 2.05) is 4.90 Å². The van der Waals surface area contributed by atoms with Crippen molar-refractivity contribution in [2.24, 2.45) is 11.8 Å². The summed E-state index contributed by atoms with van der Waals surface area (Å²) in [5, 5.41) is 0. The molecule has 0 aromatic heterocycles. The quantitative estimate of drug-likeness (QED) is 0.650. The molecule has 3 atom stereocenters. The molecule has 0 aromatic carbocycles. The van der Waals surface area contributed by atoms with Crippen LogP contribution < -0.4 is 0 Å². The Balaban J connectivity index is 1.78. The zero-order valence-corrected chi connectivity index (χ0v) is 10.7. The first-order chi connectivity index (χ1) is 8.69. The number of piperidine rings is 3. The van der Waals surface area contributed by atoms with Crippen LogP contribution in [0.4, 0.5) is 0 Å². The van der Waals surface area contributed by atoms with Crippen LogP contribution in [-0.2, 0) is 9.59 Å². The number of nitrogens with zero attached hydrogens (tertiary/aromatic N) is 2. The SMILES string of the molecule is C=CC(=O)N1C[C@@H]2C[C@@H](C1)[C@@H]1CCCC(=O)N1C2. The molecule has 0 aromatic rings. The maximum Gasteiger partial charge on any atom is 0.245 e. The number of hydrogen-bond acceptors (Lipinski definition) is 2. The molecule has 0 aliphatic carbocycles. The van der Waals surface area contributed by atoms with Gasteiger partial charge in [-0.3, -0.25) is 9.59 Å². The van der Waals surface area contributed by atoms with Crippen molar-refractivity contribution in [1.82, 2.24) is 9.80 Å². The van der Waals surface area contributed by atoms with Crippen LogP contribution in [0.15, 0.2) is 12.7 Å². The average molecular weight is 248 g/mol. The summed E-state index contributed by atoms with van der Waals surface area (Å²) < 4.78 is 0. The molecule has 3 fully saturated rings. The number of carbonyl (C=O) groups excluding carboxylic acids is 2. The lowest BCUT2D eigenvalue weighted by Crippen LogP contribution is -2.61. The van der Waals surface area contributed by atoms with Crippen molar-refractivity contribution in [2.45, 2.75) is 31.7 Å². The molecule has 3 aliphatic rings. The largest absolute Gasteiger partial charge is 0.339 e. The van der Waals surface area contributed by atoms with E-state index in [0.29, 0.717) is 30.2 Å². The Morgan fingerprint density at radius 1 is 1.33 bits per heavy atom. The standard InChI is InChI=1S/C14H20N2O2/c1-2-13(17)15-7-10-6-11(9-15)12-4-3-5-14(18)16(12)8-10/h2,10-12H,1,3-9H2/t10-,11-,12-/m0/s1. The van der Waals surface area contributed by atoms with Gasteiger partial charge < -0.3 is 9.80 Å². The molecule has 3 aliphatic heterocycles. The van der Waals surface area contributed by atoms with Crippen molar-refractivity contribution in [2.75, 3.05) is 19.6 Å². The molecular formula is C14H20N2O2. The van der Waals surface area contributed by atoms with Gasteiger partial charge in [-0.1, -0.05) is 6.58 Å². The van der Waals surface area contributed by atoms with Gasteiger partial charge >= 0.3 is 0 Å². The fourth-order valence-electron chi connectivity index (χ4n) is 3.92. The molecule has 0 unspecified atom stereocenters. The van der Waals surface area contributed by atoms with Crippen molar-refractivity contribution in [3.05, 3.63) is 12.7 Å². The second-order valence-electron chi connectivity index (χ2n) is 5.81. The summed E-state index contributed by atoms with van der Waals surface area (Å²) in [6.45, 7) is 6.01. The van der Waals surface area contributed by atoms with E-state index in [2.05, 4.69) is 11.5 Å². The molecule has 3 saturated heterocycles. The molecule has 0 N–H and O–H groups in total. The van der Waals surface area contributed by atoms with E-state index in [0.717, 1.165) is 32.5 Å². The lowest BCUT2D eigenvalue weighted by Gasteiger charge is -2.52. The van der Waals surface area contributed by atoms with Gasteiger partial charge in [0.15, 0.2) is 0 Å². The second kappa shape index (κ2) is 4.41. The van der Waals surface area contributed by atoms with E-state index in [9.17, 15) is 9.59 Å². The molecule has 2 amide bonds. The van der Waals surface area contributed by atoms with E-state index in [4.69, 9.17) is 0 Å². The monoisotopic (exact) mass is 248 g/mol. The average Bonchev–Trinajstić information content (AvgIpc) is 2.39. The topological polar surface area (TPSA) is 40.6 Å². The highest BCUT2D eigenvalue weighted by Gasteiger charge is 2.44. The summed E-state index contributed by atoms with van der Waals surface area (Å²) in [6, 6.07) is 0.378. The van der Waals surface area contributed by atoms with Gasteiger partial charge in [-0.2, -0.15) is 0 Å². The minimum Gasteiger partial charge on any atom is -0.339 e. The summed E-state index contributed by atoms with van der Waals surface area (Å²) >= 11 is 0. The zero-order chi connectivity index (χ0) is 12.7. The van der Waals surface area contributed by atoms with E-state index < -0.39 is 0 Å². The summed E-state index contributed by atoms with van der Waals surface area (Å²) in [5.74, 6) is 1.31. The van der Waals surface area contributed by atoms with Crippen LogP contribution in [0.2, 0.25) is 0 Å². The first kappa shape index (κ1) is 11.8. The lowest BCUT2D eigenvalue weighted by atomic mass is 9.76. The Bertz CT molecular complexity index is 393. The molecule has 0 saturated carbocycles. The van der Waals surface area contributed by atoms with Crippen LogP contribution in [0.5, 0.6) is 0 Å². The van der Waals surface area contributed by atoms with Gasteiger partial charge in [0, 0.05) is 32.1 Å². The zero-order valence-electron chi connectivity index (χ0n) is 10.7. The number of hydrogen-bond donors (Lipinski definition) is 0. The van der Waals surface area contributed by atoms with E-state index in [1.165, 1.54) is 12.5 Å². The Kier molecular flexibility index (Phi) is 2.88. The molecule has 2 bridgehead atoms. The predicted molar refractivity (Wildman–Crippen MR) is 67.7 cm³/mol. The van der Waals surface area contributed by atoms with E-state index >= 15 is 0 Å². The smallest absolute Gasteiger partial charge is 0.245 e. The van der Waals surface area contributed by atoms with Crippen molar-refractivity contribution in [3.8, 4) is 0 Å². The molecule has 3 heterocycles. The van der Waals surface area contributed by atoms with Crippen molar-refractivity contribution in [3.63, 3.8) is 0 Å². The molecule has 0 spiro atoms. The fourth-order valence-corrected chi connectivity index (χ4v) is 3.92. The minimum atomic E-state index is 0.0419. The number of fused-ring (bicyclic) bond motifs is 4. The van der Waals surface area contributed by atoms with E-state index in [-0.39, 0.29) is 5.91 Å². The number of carbonyl (C=O) groups is 2. The highest BCUT2D eigenvalue weighted by molar-refractivity contribution is 5.87. The molecule has 18 heavy (non-hydrogen) atoms. The third-order valence-corrected chi connectivity index (χ3v) is 4.67. The predicted octanol–water partition coefficient (Wildman–Crippen LogP) is 1.03. The molecule has 4 nitrogen and oxygen atoms in total. The molecule has 3 rings (SSSR count). The minimum absolute atomic E-state index is 0.0419. The normalized spacial score (nSPS) is 35.1. The third kappa shape index (κ3) is 1.84. The molecular weight excluding hydrogens is 228 g/mol. The van der Waals surface area contributed by atoms with Gasteiger partial charge in [-0.25, -0.2) is 0 Å². The van der Waals surface area contributed by atoms with E-state index in [1.54, 1.807) is 0 Å². The number of rotatable bonds is 1. The van der Waals surface area contributed by atoms with Gasteiger partial charge in [0.1, 0.15) is 0 Å². The first-order valence-corrected chi connectivity index (χ1v) is 6.90. The van der Waals surface area contributed by atoms with Gasteiger partial charge in [0.2, 0.25) is 11.8 Å². The lowest BCUT2D eigenvalue weighted by molar-refractivity contribution is -0.147. The highest BCUT2D eigenvalue weighted by atomic mass is 16.2. The molecule has 98 valence electrons. The highest BCUT2D eigenvalue weighted by Crippen LogP contribution is 2.37. The second-order valence-corrected chi connectivity index (χ2v) is 5.81. The maximum atomic E-state index is 12.0. The van der Waals surface area contributed by atoms with Crippen molar-refractivity contribution in [1.29, 1.82) is 0 Å². The van der Waals surface area contributed by atoms with Crippen molar-refractivity contribution < 1.29 is 9.59 Å². The van der Waals surface area contributed by atoms with Crippen molar-refractivity contribution >= 4 is 11.8 Å². The maximum absolute atomic E-state index is 12.0. The van der Waals surface area contributed by atoms with Crippen LogP contribution in [0, 0.1) is 11.8 Å². The van der Waals surface area contributed by atoms with Crippen LogP contribution in [0.25, 0.3) is 0 Å². The Hall–Kier alpha value is -1.32. The summed E-state index contributed by atoms with van der Waals surface area (Å²) in [5.41, 5.74) is 0. The fraction of sp³-hybridized carbons (Fsp3) is 0.714.